The Hall–Kier alpha value is -2.11. The van der Waals surface area contributed by atoms with Gasteiger partial charge in [0, 0.05) is 43.9 Å². The minimum atomic E-state index is -0.0726. The first-order valence-corrected chi connectivity index (χ1v) is 6.47. The first kappa shape index (κ1) is 13.3. The van der Waals surface area contributed by atoms with E-state index in [4.69, 9.17) is 0 Å². The van der Waals surface area contributed by atoms with Crippen molar-refractivity contribution in [2.45, 2.75) is 32.9 Å². The third kappa shape index (κ3) is 3.43. The van der Waals surface area contributed by atoms with Gasteiger partial charge < -0.3 is 9.88 Å². The summed E-state index contributed by atoms with van der Waals surface area (Å²) >= 11 is 0. The standard InChI is InChI=1S/C13H19N5O/c1-11(2)18-10-7-15-12(13(18)19)14-5-3-8-17-9-4-6-16-17/h4,6-7,9-11H,3,5,8H2,1-2H3,(H,14,15). The first-order chi connectivity index (χ1) is 9.18. The number of aryl methyl sites for hydroxylation is 1. The van der Waals surface area contributed by atoms with Crippen LogP contribution in [0.5, 0.6) is 0 Å². The molecule has 6 nitrogen and oxygen atoms in total. The SMILES string of the molecule is CC(C)n1ccnc(NCCCn2cccn2)c1=O. The molecule has 0 unspecified atom stereocenters. The van der Waals surface area contributed by atoms with Gasteiger partial charge in [0.05, 0.1) is 0 Å². The average molecular weight is 261 g/mol. The number of nitrogens with zero attached hydrogens (tertiary/aromatic N) is 4. The molecule has 1 N–H and O–H groups in total. The van der Waals surface area contributed by atoms with Gasteiger partial charge in [0.2, 0.25) is 0 Å². The van der Waals surface area contributed by atoms with Gasteiger partial charge in [0.25, 0.3) is 5.56 Å². The fraction of sp³-hybridized carbons (Fsp3) is 0.462. The van der Waals surface area contributed by atoms with Crippen molar-refractivity contribution in [3.8, 4) is 0 Å². The van der Waals surface area contributed by atoms with E-state index < -0.39 is 0 Å². The van der Waals surface area contributed by atoms with E-state index in [2.05, 4.69) is 15.4 Å². The van der Waals surface area contributed by atoms with Gasteiger partial charge in [-0.1, -0.05) is 0 Å². The van der Waals surface area contributed by atoms with Crippen LogP contribution in [0.3, 0.4) is 0 Å². The quantitative estimate of drug-likeness (QED) is 0.801. The number of nitrogens with one attached hydrogen (secondary N) is 1. The van der Waals surface area contributed by atoms with Crippen LogP contribution in [0.1, 0.15) is 26.3 Å². The van der Waals surface area contributed by atoms with Crippen LogP contribution < -0.4 is 10.9 Å². The number of rotatable bonds is 6. The van der Waals surface area contributed by atoms with Crippen molar-refractivity contribution in [2.24, 2.45) is 0 Å². The zero-order valence-corrected chi connectivity index (χ0v) is 11.3. The summed E-state index contributed by atoms with van der Waals surface area (Å²) in [7, 11) is 0. The maximum atomic E-state index is 12.1. The van der Waals surface area contributed by atoms with E-state index in [1.165, 1.54) is 0 Å². The molecule has 2 rings (SSSR count). The highest BCUT2D eigenvalue weighted by atomic mass is 16.1. The number of hydrogen-bond acceptors (Lipinski definition) is 4. The maximum Gasteiger partial charge on any atom is 0.293 e. The molecule has 0 atom stereocenters. The van der Waals surface area contributed by atoms with Crippen molar-refractivity contribution in [1.82, 2.24) is 19.3 Å². The van der Waals surface area contributed by atoms with E-state index in [0.717, 1.165) is 13.0 Å². The summed E-state index contributed by atoms with van der Waals surface area (Å²) < 4.78 is 3.54. The summed E-state index contributed by atoms with van der Waals surface area (Å²) in [5.41, 5.74) is -0.0726. The Morgan fingerprint density at radius 1 is 1.32 bits per heavy atom. The molecule has 0 aliphatic heterocycles. The van der Waals surface area contributed by atoms with Crippen LogP contribution in [0.15, 0.2) is 35.6 Å². The van der Waals surface area contributed by atoms with Crippen molar-refractivity contribution in [1.29, 1.82) is 0 Å². The van der Waals surface area contributed by atoms with Gasteiger partial charge in [-0.15, -0.1) is 0 Å². The largest absolute Gasteiger partial charge is 0.365 e. The predicted molar refractivity (Wildman–Crippen MR) is 74.2 cm³/mol. The molecule has 19 heavy (non-hydrogen) atoms. The molecule has 2 aromatic heterocycles. The Kier molecular flexibility index (Phi) is 4.33. The molecule has 0 aliphatic rings. The van der Waals surface area contributed by atoms with Crippen LogP contribution in [0.25, 0.3) is 0 Å². The Balaban J connectivity index is 1.89. The molecule has 6 heteroatoms. The fourth-order valence-electron chi connectivity index (χ4n) is 1.83. The van der Waals surface area contributed by atoms with E-state index in [-0.39, 0.29) is 11.6 Å². The summed E-state index contributed by atoms with van der Waals surface area (Å²) in [6.07, 6.45) is 7.93. The average Bonchev–Trinajstić information content (AvgIpc) is 2.89. The van der Waals surface area contributed by atoms with E-state index >= 15 is 0 Å². The van der Waals surface area contributed by atoms with Crippen LogP contribution in [-0.4, -0.2) is 25.9 Å². The molecule has 0 bridgehead atoms. The second kappa shape index (κ2) is 6.17. The molecule has 2 heterocycles. The lowest BCUT2D eigenvalue weighted by Gasteiger charge is -2.11. The number of anilines is 1. The molecule has 0 aromatic carbocycles. The second-order valence-corrected chi connectivity index (χ2v) is 4.63. The Bertz CT molecular complexity index is 559. The zero-order chi connectivity index (χ0) is 13.7. The van der Waals surface area contributed by atoms with E-state index in [0.29, 0.717) is 12.4 Å². The van der Waals surface area contributed by atoms with Gasteiger partial charge in [-0.2, -0.15) is 5.10 Å². The Morgan fingerprint density at radius 3 is 2.84 bits per heavy atom. The van der Waals surface area contributed by atoms with Crippen LogP contribution in [0, 0.1) is 0 Å². The topological polar surface area (TPSA) is 64.7 Å². The molecule has 2 aromatic rings. The summed E-state index contributed by atoms with van der Waals surface area (Å²) in [6, 6.07) is 2.04. The van der Waals surface area contributed by atoms with E-state index in [1.807, 2.05) is 30.8 Å². The van der Waals surface area contributed by atoms with Crippen LogP contribution in [-0.2, 0) is 6.54 Å². The molecule has 0 fully saturated rings. The normalized spacial score (nSPS) is 10.9. The van der Waals surface area contributed by atoms with Gasteiger partial charge in [-0.25, -0.2) is 4.98 Å². The van der Waals surface area contributed by atoms with Gasteiger partial charge in [-0.3, -0.25) is 9.48 Å². The summed E-state index contributed by atoms with van der Waals surface area (Å²) in [5, 5.41) is 7.21. The van der Waals surface area contributed by atoms with Crippen LogP contribution >= 0.6 is 0 Å². The maximum absolute atomic E-state index is 12.1. The lowest BCUT2D eigenvalue weighted by Crippen LogP contribution is -2.26. The molecule has 0 aliphatic carbocycles. The van der Waals surface area contributed by atoms with Crippen molar-refractivity contribution >= 4 is 5.82 Å². The van der Waals surface area contributed by atoms with Crippen molar-refractivity contribution < 1.29 is 0 Å². The monoisotopic (exact) mass is 261 g/mol. The number of hydrogen-bond donors (Lipinski definition) is 1. The fourth-order valence-corrected chi connectivity index (χ4v) is 1.83. The second-order valence-electron chi connectivity index (χ2n) is 4.63. The highest BCUT2D eigenvalue weighted by Crippen LogP contribution is 2.01. The lowest BCUT2D eigenvalue weighted by atomic mass is 10.4. The summed E-state index contributed by atoms with van der Waals surface area (Å²) in [4.78, 5) is 16.1. The van der Waals surface area contributed by atoms with E-state index in [9.17, 15) is 4.79 Å². The Morgan fingerprint density at radius 2 is 2.16 bits per heavy atom. The molecule has 0 amide bonds. The molecule has 102 valence electrons. The molecular formula is C13H19N5O. The number of aromatic nitrogens is 4. The summed E-state index contributed by atoms with van der Waals surface area (Å²) in [5.74, 6) is 0.414. The molecular weight excluding hydrogens is 242 g/mol. The Labute approximate surface area is 112 Å². The summed E-state index contributed by atoms with van der Waals surface area (Å²) in [6.45, 7) is 5.47. The van der Waals surface area contributed by atoms with Gasteiger partial charge >= 0.3 is 0 Å². The van der Waals surface area contributed by atoms with E-state index in [1.54, 1.807) is 23.2 Å². The molecule has 0 spiro atoms. The van der Waals surface area contributed by atoms with Crippen LogP contribution in [0.4, 0.5) is 5.82 Å². The van der Waals surface area contributed by atoms with Gasteiger partial charge in [-0.05, 0) is 26.3 Å². The minimum absolute atomic E-state index is 0.0726. The molecule has 0 radical (unpaired) electrons. The zero-order valence-electron chi connectivity index (χ0n) is 11.3. The first-order valence-electron chi connectivity index (χ1n) is 6.47. The molecule has 0 saturated carbocycles. The molecule has 0 saturated heterocycles. The third-order valence-electron chi connectivity index (χ3n) is 2.84. The van der Waals surface area contributed by atoms with Gasteiger partial charge in [0.15, 0.2) is 5.82 Å². The highest BCUT2D eigenvalue weighted by Gasteiger charge is 2.06. The lowest BCUT2D eigenvalue weighted by molar-refractivity contribution is 0.572. The van der Waals surface area contributed by atoms with Crippen molar-refractivity contribution in [3.05, 3.63) is 41.2 Å². The minimum Gasteiger partial charge on any atom is -0.365 e. The van der Waals surface area contributed by atoms with Crippen molar-refractivity contribution in [2.75, 3.05) is 11.9 Å². The van der Waals surface area contributed by atoms with Gasteiger partial charge in [0.1, 0.15) is 0 Å². The highest BCUT2D eigenvalue weighted by molar-refractivity contribution is 5.30. The smallest absolute Gasteiger partial charge is 0.293 e. The van der Waals surface area contributed by atoms with Crippen molar-refractivity contribution in [3.63, 3.8) is 0 Å². The van der Waals surface area contributed by atoms with Crippen LogP contribution in [0.2, 0.25) is 0 Å². The third-order valence-corrected chi connectivity index (χ3v) is 2.84. The predicted octanol–water partition coefficient (Wildman–Crippen LogP) is 1.52.